The second kappa shape index (κ2) is 8.28. The molecule has 0 aliphatic heterocycles. The van der Waals surface area contributed by atoms with Gasteiger partial charge in [0.25, 0.3) is 0 Å². The fourth-order valence-electron chi connectivity index (χ4n) is 2.13. The molecule has 0 aliphatic rings. The predicted molar refractivity (Wildman–Crippen MR) is 86.6 cm³/mol. The van der Waals surface area contributed by atoms with Gasteiger partial charge in [0.15, 0.2) is 0 Å². The molecule has 2 N–H and O–H groups in total. The smallest absolute Gasteiger partial charge is 0.305 e. The summed E-state index contributed by atoms with van der Waals surface area (Å²) in [6.07, 6.45) is 2.35. The number of methoxy groups -OCH3 is 1. The number of rotatable bonds is 8. The van der Waals surface area contributed by atoms with Gasteiger partial charge < -0.3 is 15.2 Å². The molecule has 1 atom stereocenters. The van der Waals surface area contributed by atoms with Gasteiger partial charge in [0, 0.05) is 24.4 Å². The molecule has 0 spiro atoms. The summed E-state index contributed by atoms with van der Waals surface area (Å²) in [6, 6.07) is 6.43. The van der Waals surface area contributed by atoms with E-state index in [-0.39, 0.29) is 18.7 Å². The number of carboxylic acid groups (broad SMARTS) is 1. The van der Waals surface area contributed by atoms with Crippen LogP contribution >= 0.6 is 11.3 Å². The van der Waals surface area contributed by atoms with Crippen LogP contribution in [0.2, 0.25) is 0 Å². The molecule has 0 aliphatic carbocycles. The minimum absolute atomic E-state index is 0.171. The van der Waals surface area contributed by atoms with Crippen LogP contribution in [0.5, 0.6) is 5.75 Å². The van der Waals surface area contributed by atoms with E-state index < -0.39 is 12.0 Å². The maximum absolute atomic E-state index is 12.1. The van der Waals surface area contributed by atoms with E-state index >= 15 is 0 Å². The second-order valence-electron chi connectivity index (χ2n) is 4.92. The molecule has 2 rings (SSSR count). The second-order valence-corrected chi connectivity index (χ2v) is 5.90. The Hall–Kier alpha value is -2.41. The zero-order valence-corrected chi connectivity index (χ0v) is 13.5. The topological polar surface area (TPSA) is 88.5 Å². The number of hydrogen-bond acceptors (Lipinski definition) is 5. The van der Waals surface area contributed by atoms with E-state index in [4.69, 9.17) is 9.84 Å². The number of ether oxygens (including phenoxy) is 1. The summed E-state index contributed by atoms with van der Waals surface area (Å²) in [6.45, 7) is 0. The summed E-state index contributed by atoms with van der Waals surface area (Å²) in [5.74, 6) is -0.480. The number of carboxylic acids is 1. The van der Waals surface area contributed by atoms with Crippen molar-refractivity contribution in [1.29, 1.82) is 0 Å². The van der Waals surface area contributed by atoms with Crippen LogP contribution in [0.3, 0.4) is 0 Å². The lowest BCUT2D eigenvalue weighted by Gasteiger charge is -2.17. The molecule has 1 amide bonds. The molecule has 0 fully saturated rings. The number of hydrogen-bond donors (Lipinski definition) is 2. The molecular formula is C16H18N2O4S. The van der Waals surface area contributed by atoms with Crippen LogP contribution in [0.4, 0.5) is 0 Å². The number of thiazole rings is 1. The van der Waals surface area contributed by atoms with Crippen LogP contribution in [0.1, 0.15) is 29.5 Å². The van der Waals surface area contributed by atoms with Crippen molar-refractivity contribution in [3.05, 3.63) is 46.4 Å². The van der Waals surface area contributed by atoms with Crippen molar-refractivity contribution in [2.45, 2.75) is 25.3 Å². The molecule has 0 saturated heterocycles. The summed E-state index contributed by atoms with van der Waals surface area (Å²) in [5, 5.41) is 14.6. The Morgan fingerprint density at radius 3 is 2.65 bits per heavy atom. The first-order chi connectivity index (χ1) is 11.1. The highest BCUT2D eigenvalue weighted by atomic mass is 32.1. The Morgan fingerprint density at radius 2 is 2.09 bits per heavy atom. The highest BCUT2D eigenvalue weighted by Crippen LogP contribution is 2.20. The normalized spacial score (nSPS) is 11.7. The summed E-state index contributed by atoms with van der Waals surface area (Å²) in [5.41, 5.74) is 0.732. The van der Waals surface area contributed by atoms with Crippen LogP contribution in [0, 0.1) is 0 Å². The van der Waals surface area contributed by atoms with E-state index in [0.29, 0.717) is 12.2 Å². The molecule has 0 bridgehead atoms. The highest BCUT2D eigenvalue weighted by Gasteiger charge is 2.18. The Bertz CT molecular complexity index is 641. The molecule has 122 valence electrons. The van der Waals surface area contributed by atoms with Crippen LogP contribution in [-0.4, -0.2) is 29.1 Å². The van der Waals surface area contributed by atoms with Gasteiger partial charge in [-0.1, -0.05) is 12.1 Å². The van der Waals surface area contributed by atoms with Crippen LogP contribution in [0.15, 0.2) is 35.8 Å². The van der Waals surface area contributed by atoms with Crippen molar-refractivity contribution >= 4 is 23.2 Å². The van der Waals surface area contributed by atoms with Gasteiger partial charge in [-0.25, -0.2) is 4.98 Å². The average Bonchev–Trinajstić information content (AvgIpc) is 3.05. The van der Waals surface area contributed by atoms with E-state index in [1.807, 2.05) is 5.38 Å². The van der Waals surface area contributed by atoms with Gasteiger partial charge in [-0.15, -0.1) is 11.3 Å². The zero-order valence-electron chi connectivity index (χ0n) is 12.7. The van der Waals surface area contributed by atoms with Crippen molar-refractivity contribution < 1.29 is 19.4 Å². The first-order valence-corrected chi connectivity index (χ1v) is 8.00. The molecule has 1 aromatic heterocycles. The van der Waals surface area contributed by atoms with Gasteiger partial charge in [0.2, 0.25) is 5.91 Å². The first-order valence-electron chi connectivity index (χ1n) is 7.12. The van der Waals surface area contributed by atoms with Crippen LogP contribution in [0.25, 0.3) is 0 Å². The van der Waals surface area contributed by atoms with Crippen molar-refractivity contribution in [2.24, 2.45) is 0 Å². The van der Waals surface area contributed by atoms with E-state index in [9.17, 15) is 9.59 Å². The predicted octanol–water partition coefficient (Wildman–Crippen LogP) is 2.42. The molecule has 2 aromatic rings. The Labute approximate surface area is 138 Å². The van der Waals surface area contributed by atoms with Gasteiger partial charge in [-0.3, -0.25) is 9.59 Å². The van der Waals surface area contributed by atoms with Gasteiger partial charge in [-0.05, 0) is 17.7 Å². The van der Waals surface area contributed by atoms with E-state index in [1.165, 1.54) is 11.3 Å². The largest absolute Gasteiger partial charge is 0.497 e. The van der Waals surface area contributed by atoms with Crippen LogP contribution < -0.4 is 10.1 Å². The first kappa shape index (κ1) is 17.0. The van der Waals surface area contributed by atoms with Crippen LogP contribution in [-0.2, 0) is 16.0 Å². The van der Waals surface area contributed by atoms with Crippen molar-refractivity contribution in [1.82, 2.24) is 10.3 Å². The molecule has 6 nitrogen and oxygen atoms in total. The monoisotopic (exact) mass is 334 g/mol. The SMILES string of the molecule is COc1ccc([C@@H](CC(=O)O)NC(=O)CCc2nccs2)cc1. The van der Waals surface area contributed by atoms with E-state index in [2.05, 4.69) is 10.3 Å². The summed E-state index contributed by atoms with van der Waals surface area (Å²) in [7, 11) is 1.56. The fourth-order valence-corrected chi connectivity index (χ4v) is 2.75. The number of aliphatic carboxylic acids is 1. The Kier molecular flexibility index (Phi) is 6.10. The molecule has 0 saturated carbocycles. The molecule has 23 heavy (non-hydrogen) atoms. The summed E-state index contributed by atoms with van der Waals surface area (Å²) >= 11 is 1.50. The van der Waals surface area contributed by atoms with E-state index in [1.54, 1.807) is 37.6 Å². The molecule has 0 radical (unpaired) electrons. The number of amides is 1. The fraction of sp³-hybridized carbons (Fsp3) is 0.312. The lowest BCUT2D eigenvalue weighted by molar-refractivity contribution is -0.137. The summed E-state index contributed by atoms with van der Waals surface area (Å²) in [4.78, 5) is 27.2. The van der Waals surface area contributed by atoms with Gasteiger partial charge in [-0.2, -0.15) is 0 Å². The number of carbonyl (C=O) groups excluding carboxylic acids is 1. The number of benzene rings is 1. The molecule has 0 unspecified atom stereocenters. The maximum Gasteiger partial charge on any atom is 0.305 e. The van der Waals surface area contributed by atoms with Crippen molar-refractivity contribution in [3.8, 4) is 5.75 Å². The van der Waals surface area contributed by atoms with Crippen molar-refractivity contribution in [2.75, 3.05) is 7.11 Å². The number of carbonyl (C=O) groups is 2. The minimum atomic E-state index is -0.967. The maximum atomic E-state index is 12.1. The van der Waals surface area contributed by atoms with E-state index in [0.717, 1.165) is 10.6 Å². The van der Waals surface area contributed by atoms with Gasteiger partial charge in [0.05, 0.1) is 24.6 Å². The number of aryl methyl sites for hydroxylation is 1. The molecular weight excluding hydrogens is 316 g/mol. The van der Waals surface area contributed by atoms with Crippen molar-refractivity contribution in [3.63, 3.8) is 0 Å². The Balaban J connectivity index is 1.99. The number of aromatic nitrogens is 1. The van der Waals surface area contributed by atoms with Gasteiger partial charge >= 0.3 is 5.97 Å². The third-order valence-corrected chi connectivity index (χ3v) is 4.12. The van der Waals surface area contributed by atoms with Gasteiger partial charge in [0.1, 0.15) is 5.75 Å². The lowest BCUT2D eigenvalue weighted by atomic mass is 10.0. The lowest BCUT2D eigenvalue weighted by Crippen LogP contribution is -2.30. The minimum Gasteiger partial charge on any atom is -0.497 e. The molecule has 1 heterocycles. The summed E-state index contributed by atoms with van der Waals surface area (Å²) < 4.78 is 5.08. The number of nitrogens with one attached hydrogen (secondary N) is 1. The third kappa shape index (κ3) is 5.37. The zero-order chi connectivity index (χ0) is 16.7. The highest BCUT2D eigenvalue weighted by molar-refractivity contribution is 7.09. The molecule has 7 heteroatoms. The molecule has 1 aromatic carbocycles. The standard InChI is InChI=1S/C16H18N2O4S/c1-22-12-4-2-11(3-5-12)13(10-16(20)21)18-14(19)6-7-15-17-8-9-23-15/h2-5,8-9,13H,6-7,10H2,1H3,(H,18,19)(H,20,21)/t13-/m1/s1. The average molecular weight is 334 g/mol. The Morgan fingerprint density at radius 1 is 1.35 bits per heavy atom. The quantitative estimate of drug-likeness (QED) is 0.774. The number of nitrogens with zero attached hydrogens (tertiary/aromatic N) is 1. The third-order valence-electron chi connectivity index (χ3n) is 3.28.